The van der Waals surface area contributed by atoms with E-state index in [0.717, 1.165) is 29.3 Å². The Hall–Kier alpha value is -2.47. The lowest BCUT2D eigenvalue weighted by atomic mass is 10.0. The summed E-state index contributed by atoms with van der Waals surface area (Å²) in [6.07, 6.45) is 4.84. The molecule has 0 aliphatic carbocycles. The number of hydrogen-bond acceptors (Lipinski definition) is 6. The molecule has 2 atom stereocenters. The quantitative estimate of drug-likeness (QED) is 0.271. The van der Waals surface area contributed by atoms with E-state index in [1.54, 1.807) is 0 Å². The van der Waals surface area contributed by atoms with E-state index in [-0.39, 0.29) is 6.42 Å². The maximum atomic E-state index is 12.2. The van der Waals surface area contributed by atoms with Gasteiger partial charge in [-0.05, 0) is 31.0 Å². The summed E-state index contributed by atoms with van der Waals surface area (Å²) in [6, 6.07) is 6.03. The molecule has 7 N–H and O–H groups in total. The highest BCUT2D eigenvalue weighted by molar-refractivity contribution is 7.85. The number of carbonyl (C=O) groups excluding carboxylic acids is 1. The van der Waals surface area contributed by atoms with Crippen LogP contribution in [-0.4, -0.2) is 59.4 Å². The highest BCUT2D eigenvalue weighted by Gasteiger charge is 2.24. The van der Waals surface area contributed by atoms with E-state index in [9.17, 15) is 23.1 Å². The van der Waals surface area contributed by atoms with Crippen molar-refractivity contribution >= 4 is 32.9 Å². The minimum Gasteiger partial charge on any atom is -0.480 e. The lowest BCUT2D eigenvalue weighted by Gasteiger charge is -2.17. The molecular weight excluding hydrogens is 412 g/mol. The first-order valence-electron chi connectivity index (χ1n) is 9.38. The fraction of sp³-hybridized carbons (Fsp3) is 0.474. The number of aryl methyl sites for hydroxylation is 1. The van der Waals surface area contributed by atoms with Gasteiger partial charge in [0, 0.05) is 30.6 Å². The standard InChI is InChI=1S/C18H26N4O3.CH4O3S/c1-22-11-12(13-6-2-3-8-16(13)22)10-15(18(24)25)21-17(23)14(20)7-4-5-9-19;1-5(2,3)4/h2-3,6,8,11,14-15H,4-5,7,9-10,19-20H2,1H3,(H,21,23)(H,24,25);1H3,(H,2,3,4)/t14?,15-;/m1./s1. The van der Waals surface area contributed by atoms with Gasteiger partial charge in [-0.15, -0.1) is 0 Å². The van der Waals surface area contributed by atoms with Crippen molar-refractivity contribution in [1.29, 1.82) is 0 Å². The van der Waals surface area contributed by atoms with Crippen molar-refractivity contribution < 1.29 is 27.7 Å². The first-order chi connectivity index (χ1) is 13.9. The van der Waals surface area contributed by atoms with Crippen LogP contribution in [0.1, 0.15) is 24.8 Å². The largest absolute Gasteiger partial charge is 0.480 e. The zero-order chi connectivity index (χ0) is 22.9. The van der Waals surface area contributed by atoms with Crippen molar-refractivity contribution in [3.63, 3.8) is 0 Å². The van der Waals surface area contributed by atoms with Gasteiger partial charge in [-0.2, -0.15) is 8.42 Å². The van der Waals surface area contributed by atoms with Crippen LogP contribution in [0.25, 0.3) is 10.9 Å². The molecular formula is C19H30N4O6S. The summed E-state index contributed by atoms with van der Waals surface area (Å²) in [4.78, 5) is 23.8. The van der Waals surface area contributed by atoms with Crippen LogP contribution in [0, 0.1) is 0 Å². The maximum Gasteiger partial charge on any atom is 0.326 e. The molecule has 1 aromatic carbocycles. The first kappa shape index (κ1) is 25.6. The number of para-hydroxylation sites is 1. The molecule has 2 aromatic rings. The number of benzene rings is 1. The number of unbranched alkanes of at least 4 members (excludes halogenated alkanes) is 1. The van der Waals surface area contributed by atoms with Gasteiger partial charge >= 0.3 is 5.97 Å². The van der Waals surface area contributed by atoms with Gasteiger partial charge in [0.25, 0.3) is 10.1 Å². The number of carboxylic acid groups (broad SMARTS) is 1. The van der Waals surface area contributed by atoms with Crippen LogP contribution in [0.4, 0.5) is 0 Å². The van der Waals surface area contributed by atoms with Gasteiger partial charge in [-0.3, -0.25) is 9.35 Å². The van der Waals surface area contributed by atoms with Gasteiger partial charge in [-0.1, -0.05) is 24.6 Å². The van der Waals surface area contributed by atoms with Crippen LogP contribution in [0.5, 0.6) is 0 Å². The molecule has 2 rings (SSSR count). The number of nitrogens with two attached hydrogens (primary N) is 2. The second-order valence-corrected chi connectivity index (χ2v) is 8.48. The van der Waals surface area contributed by atoms with Crippen LogP contribution in [0.15, 0.2) is 30.5 Å². The monoisotopic (exact) mass is 442 g/mol. The number of hydrogen-bond donors (Lipinski definition) is 5. The molecule has 0 saturated heterocycles. The molecule has 1 heterocycles. The summed E-state index contributed by atoms with van der Waals surface area (Å²) < 4.78 is 27.8. The molecule has 1 unspecified atom stereocenters. The fourth-order valence-corrected chi connectivity index (χ4v) is 2.93. The van der Waals surface area contributed by atoms with Crippen molar-refractivity contribution in [2.24, 2.45) is 18.5 Å². The Bertz CT molecular complexity index is 949. The molecule has 1 aromatic heterocycles. The smallest absolute Gasteiger partial charge is 0.326 e. The van der Waals surface area contributed by atoms with Crippen LogP contribution in [0.3, 0.4) is 0 Å². The third kappa shape index (κ3) is 8.91. The number of amides is 1. The summed E-state index contributed by atoms with van der Waals surface area (Å²) in [5.74, 6) is -1.51. The van der Waals surface area contributed by atoms with E-state index < -0.39 is 34.1 Å². The fourth-order valence-electron chi connectivity index (χ4n) is 2.93. The lowest BCUT2D eigenvalue weighted by Crippen LogP contribution is -2.49. The Morgan fingerprint density at radius 3 is 2.40 bits per heavy atom. The molecule has 10 nitrogen and oxygen atoms in total. The molecule has 0 spiro atoms. The first-order valence-corrected chi connectivity index (χ1v) is 11.2. The lowest BCUT2D eigenvalue weighted by molar-refractivity contribution is -0.142. The van der Waals surface area contributed by atoms with E-state index in [4.69, 9.17) is 16.0 Å². The average Bonchev–Trinajstić information content (AvgIpc) is 2.96. The van der Waals surface area contributed by atoms with Gasteiger partial charge < -0.3 is 26.5 Å². The summed E-state index contributed by atoms with van der Waals surface area (Å²) in [5, 5.41) is 13.0. The molecule has 0 fully saturated rings. The van der Waals surface area contributed by atoms with E-state index >= 15 is 0 Å². The Labute approximate surface area is 176 Å². The van der Waals surface area contributed by atoms with Crippen molar-refractivity contribution in [3.8, 4) is 0 Å². The third-order valence-corrected chi connectivity index (χ3v) is 4.32. The molecule has 1 amide bonds. The molecule has 168 valence electrons. The van der Waals surface area contributed by atoms with Crippen LogP contribution < -0.4 is 16.8 Å². The molecule has 30 heavy (non-hydrogen) atoms. The number of carbonyl (C=O) groups is 2. The van der Waals surface area contributed by atoms with E-state index in [1.165, 1.54) is 0 Å². The number of aliphatic carboxylic acids is 1. The molecule has 0 aliphatic rings. The van der Waals surface area contributed by atoms with Gasteiger partial charge in [-0.25, -0.2) is 4.79 Å². The topological polar surface area (TPSA) is 178 Å². The zero-order valence-electron chi connectivity index (χ0n) is 17.1. The Morgan fingerprint density at radius 2 is 1.83 bits per heavy atom. The van der Waals surface area contributed by atoms with Crippen molar-refractivity contribution in [2.75, 3.05) is 12.8 Å². The summed E-state index contributed by atoms with van der Waals surface area (Å²) in [7, 11) is -1.76. The van der Waals surface area contributed by atoms with Gasteiger partial charge in [0.1, 0.15) is 6.04 Å². The zero-order valence-corrected chi connectivity index (χ0v) is 17.9. The van der Waals surface area contributed by atoms with Gasteiger partial charge in [0.2, 0.25) is 5.91 Å². The maximum absolute atomic E-state index is 12.2. The SMILES string of the molecule is CS(=O)(=O)O.Cn1cc(C[C@@H](NC(=O)C(N)CCCCN)C(=O)O)c2ccccc21. The van der Waals surface area contributed by atoms with Crippen LogP contribution in [-0.2, 0) is 33.2 Å². The number of aromatic nitrogens is 1. The van der Waals surface area contributed by atoms with Crippen LogP contribution in [0.2, 0.25) is 0 Å². The Balaban J connectivity index is 0.000000804. The number of nitrogens with zero attached hydrogens (tertiary/aromatic N) is 1. The van der Waals surface area contributed by atoms with E-state index in [2.05, 4.69) is 5.32 Å². The number of rotatable bonds is 9. The average molecular weight is 443 g/mol. The van der Waals surface area contributed by atoms with E-state index in [0.29, 0.717) is 19.2 Å². The minimum atomic E-state index is -3.67. The molecule has 11 heteroatoms. The second kappa shape index (κ2) is 11.6. The highest BCUT2D eigenvalue weighted by atomic mass is 32.2. The van der Waals surface area contributed by atoms with Crippen molar-refractivity contribution in [2.45, 2.75) is 37.8 Å². The van der Waals surface area contributed by atoms with Gasteiger partial charge in [0.15, 0.2) is 0 Å². The third-order valence-electron chi connectivity index (χ3n) is 4.32. The molecule has 0 radical (unpaired) electrons. The number of carboxylic acids is 1. The van der Waals surface area contributed by atoms with Crippen molar-refractivity contribution in [1.82, 2.24) is 9.88 Å². The Kier molecular flexibility index (Phi) is 9.93. The number of fused-ring (bicyclic) bond motifs is 1. The van der Waals surface area contributed by atoms with Crippen molar-refractivity contribution in [3.05, 3.63) is 36.0 Å². The van der Waals surface area contributed by atoms with Crippen LogP contribution >= 0.6 is 0 Å². The summed E-state index contributed by atoms with van der Waals surface area (Å²) in [6.45, 7) is 0.549. The summed E-state index contributed by atoms with van der Waals surface area (Å²) in [5.41, 5.74) is 13.2. The normalized spacial score (nSPS) is 13.2. The van der Waals surface area contributed by atoms with E-state index in [1.807, 2.05) is 42.1 Å². The highest BCUT2D eigenvalue weighted by Crippen LogP contribution is 2.21. The molecule has 0 bridgehead atoms. The predicted molar refractivity (Wildman–Crippen MR) is 115 cm³/mol. The summed E-state index contributed by atoms with van der Waals surface area (Å²) >= 11 is 0. The second-order valence-electron chi connectivity index (χ2n) is 7.01. The minimum absolute atomic E-state index is 0.206. The predicted octanol–water partition coefficient (Wildman–Crippen LogP) is 0.251. The van der Waals surface area contributed by atoms with Gasteiger partial charge in [0.05, 0.1) is 12.3 Å². The Morgan fingerprint density at radius 1 is 1.23 bits per heavy atom. The molecule has 0 saturated carbocycles. The molecule has 0 aliphatic heterocycles. The number of nitrogens with one attached hydrogen (secondary N) is 1.